The van der Waals surface area contributed by atoms with Crippen molar-refractivity contribution in [2.24, 2.45) is 5.73 Å². The van der Waals surface area contributed by atoms with Gasteiger partial charge in [0.15, 0.2) is 0 Å². The Hall–Kier alpha value is -1.09. The molecule has 0 spiro atoms. The maximum Gasteiger partial charge on any atom is 0.125 e. The standard InChI is InChI=1S/C11H16FNO/c1-8-6-10(12)7-9(4-3-5-13)11(8)14-2/h6-7H,3-5,13H2,1-2H3. The van der Waals surface area contributed by atoms with Crippen LogP contribution in [0.4, 0.5) is 4.39 Å². The number of methoxy groups -OCH3 is 1. The topological polar surface area (TPSA) is 35.2 Å². The van der Waals surface area contributed by atoms with Crippen molar-refractivity contribution in [1.82, 2.24) is 0 Å². The van der Waals surface area contributed by atoms with Crippen LogP contribution in [0.25, 0.3) is 0 Å². The first-order chi connectivity index (χ1) is 6.69. The van der Waals surface area contributed by atoms with Gasteiger partial charge < -0.3 is 10.5 Å². The summed E-state index contributed by atoms with van der Waals surface area (Å²) in [5.41, 5.74) is 7.14. The molecule has 2 nitrogen and oxygen atoms in total. The molecule has 78 valence electrons. The minimum absolute atomic E-state index is 0.213. The number of ether oxygens (including phenoxy) is 1. The highest BCUT2D eigenvalue weighted by atomic mass is 19.1. The first-order valence-corrected chi connectivity index (χ1v) is 4.72. The molecule has 0 saturated carbocycles. The molecule has 0 aliphatic heterocycles. The number of benzene rings is 1. The fourth-order valence-corrected chi connectivity index (χ4v) is 1.57. The van der Waals surface area contributed by atoms with Gasteiger partial charge in [-0.1, -0.05) is 0 Å². The molecule has 0 unspecified atom stereocenters. The Morgan fingerprint density at radius 1 is 1.43 bits per heavy atom. The third-order valence-corrected chi connectivity index (χ3v) is 2.17. The zero-order valence-electron chi connectivity index (χ0n) is 8.64. The van der Waals surface area contributed by atoms with Crippen molar-refractivity contribution in [2.75, 3.05) is 13.7 Å². The van der Waals surface area contributed by atoms with Gasteiger partial charge in [0, 0.05) is 0 Å². The predicted octanol–water partition coefficient (Wildman–Crippen LogP) is 2.03. The summed E-state index contributed by atoms with van der Waals surface area (Å²) in [7, 11) is 1.60. The highest BCUT2D eigenvalue weighted by Gasteiger charge is 2.08. The molecule has 0 saturated heterocycles. The molecule has 0 aromatic heterocycles. The first-order valence-electron chi connectivity index (χ1n) is 4.72. The second-order valence-electron chi connectivity index (χ2n) is 3.31. The number of halogens is 1. The highest BCUT2D eigenvalue weighted by molar-refractivity contribution is 5.41. The van der Waals surface area contributed by atoms with Crippen molar-refractivity contribution in [3.8, 4) is 5.75 Å². The number of aryl methyl sites for hydroxylation is 2. The summed E-state index contributed by atoms with van der Waals surface area (Å²) in [5.74, 6) is 0.565. The minimum atomic E-state index is -0.213. The van der Waals surface area contributed by atoms with Crippen LogP contribution in [0, 0.1) is 12.7 Å². The molecule has 1 aromatic rings. The van der Waals surface area contributed by atoms with E-state index in [-0.39, 0.29) is 5.82 Å². The van der Waals surface area contributed by atoms with Gasteiger partial charge in [-0.25, -0.2) is 4.39 Å². The fraction of sp³-hybridized carbons (Fsp3) is 0.455. The third-order valence-electron chi connectivity index (χ3n) is 2.17. The number of hydrogen-bond acceptors (Lipinski definition) is 2. The van der Waals surface area contributed by atoms with E-state index in [2.05, 4.69) is 0 Å². The average molecular weight is 197 g/mol. The van der Waals surface area contributed by atoms with Crippen molar-refractivity contribution < 1.29 is 9.13 Å². The summed E-state index contributed by atoms with van der Waals surface area (Å²) in [6.07, 6.45) is 1.61. The summed E-state index contributed by atoms with van der Waals surface area (Å²) in [6.45, 7) is 2.45. The average Bonchev–Trinajstić information content (AvgIpc) is 2.14. The van der Waals surface area contributed by atoms with Gasteiger partial charge in [0.05, 0.1) is 7.11 Å². The van der Waals surface area contributed by atoms with Crippen molar-refractivity contribution in [3.63, 3.8) is 0 Å². The predicted molar refractivity (Wildman–Crippen MR) is 55.1 cm³/mol. The van der Waals surface area contributed by atoms with Crippen LogP contribution in [0.15, 0.2) is 12.1 Å². The quantitative estimate of drug-likeness (QED) is 0.801. The van der Waals surface area contributed by atoms with Crippen LogP contribution in [0.2, 0.25) is 0 Å². The zero-order chi connectivity index (χ0) is 10.6. The molecule has 14 heavy (non-hydrogen) atoms. The summed E-state index contributed by atoms with van der Waals surface area (Å²) < 4.78 is 18.3. The molecule has 0 heterocycles. The molecule has 0 radical (unpaired) electrons. The van der Waals surface area contributed by atoms with E-state index in [1.165, 1.54) is 12.1 Å². The summed E-state index contributed by atoms with van der Waals surface area (Å²) in [5, 5.41) is 0. The Balaban J connectivity index is 2.99. The van der Waals surface area contributed by atoms with Crippen LogP contribution in [-0.4, -0.2) is 13.7 Å². The monoisotopic (exact) mass is 197 g/mol. The maximum atomic E-state index is 13.1. The van der Waals surface area contributed by atoms with E-state index < -0.39 is 0 Å². The summed E-state index contributed by atoms with van der Waals surface area (Å²) in [6, 6.07) is 2.99. The summed E-state index contributed by atoms with van der Waals surface area (Å²) >= 11 is 0. The van der Waals surface area contributed by atoms with Crippen LogP contribution in [-0.2, 0) is 6.42 Å². The lowest BCUT2D eigenvalue weighted by molar-refractivity contribution is 0.404. The second kappa shape index (κ2) is 4.96. The van der Waals surface area contributed by atoms with Crippen LogP contribution in [0.5, 0.6) is 5.75 Å². The van der Waals surface area contributed by atoms with Crippen LogP contribution >= 0.6 is 0 Å². The SMILES string of the molecule is COc1c(C)cc(F)cc1CCCN. The van der Waals surface area contributed by atoms with E-state index in [1.807, 2.05) is 6.92 Å². The molecule has 0 amide bonds. The van der Waals surface area contributed by atoms with Gasteiger partial charge in [0.25, 0.3) is 0 Å². The molecule has 1 aromatic carbocycles. The lowest BCUT2D eigenvalue weighted by atomic mass is 10.0. The molecule has 0 aliphatic carbocycles. The van der Waals surface area contributed by atoms with E-state index in [4.69, 9.17) is 10.5 Å². The van der Waals surface area contributed by atoms with E-state index in [9.17, 15) is 4.39 Å². The summed E-state index contributed by atoms with van der Waals surface area (Å²) in [4.78, 5) is 0. The molecule has 3 heteroatoms. The van der Waals surface area contributed by atoms with Crippen molar-refractivity contribution in [1.29, 1.82) is 0 Å². The lowest BCUT2D eigenvalue weighted by Crippen LogP contribution is -2.03. The van der Waals surface area contributed by atoms with E-state index in [1.54, 1.807) is 7.11 Å². The third kappa shape index (κ3) is 2.45. The van der Waals surface area contributed by atoms with Gasteiger partial charge in [-0.15, -0.1) is 0 Å². The number of hydrogen-bond donors (Lipinski definition) is 1. The highest BCUT2D eigenvalue weighted by Crippen LogP contribution is 2.25. The largest absolute Gasteiger partial charge is 0.496 e. The van der Waals surface area contributed by atoms with Gasteiger partial charge >= 0.3 is 0 Å². The van der Waals surface area contributed by atoms with Gasteiger partial charge in [0.2, 0.25) is 0 Å². The zero-order valence-corrected chi connectivity index (χ0v) is 8.64. The van der Waals surface area contributed by atoms with E-state index in [0.717, 1.165) is 29.7 Å². The molecule has 1 rings (SSSR count). The maximum absolute atomic E-state index is 13.1. The van der Waals surface area contributed by atoms with Crippen LogP contribution in [0.1, 0.15) is 17.5 Å². The first kappa shape index (κ1) is 11.0. The van der Waals surface area contributed by atoms with E-state index >= 15 is 0 Å². The molecular weight excluding hydrogens is 181 g/mol. The van der Waals surface area contributed by atoms with E-state index in [0.29, 0.717) is 6.54 Å². The fourth-order valence-electron chi connectivity index (χ4n) is 1.57. The normalized spacial score (nSPS) is 10.3. The Labute approximate surface area is 83.9 Å². The van der Waals surface area contributed by atoms with Gasteiger partial charge in [0.1, 0.15) is 11.6 Å². The van der Waals surface area contributed by atoms with Gasteiger partial charge in [-0.05, 0) is 49.6 Å². The van der Waals surface area contributed by atoms with Crippen LogP contribution < -0.4 is 10.5 Å². The molecular formula is C11H16FNO. The van der Waals surface area contributed by atoms with Crippen LogP contribution in [0.3, 0.4) is 0 Å². The number of nitrogens with two attached hydrogens (primary N) is 1. The molecule has 0 aliphatic rings. The van der Waals surface area contributed by atoms with Crippen molar-refractivity contribution in [2.45, 2.75) is 19.8 Å². The van der Waals surface area contributed by atoms with Crippen molar-refractivity contribution >= 4 is 0 Å². The minimum Gasteiger partial charge on any atom is -0.496 e. The number of rotatable bonds is 4. The molecule has 2 N–H and O–H groups in total. The van der Waals surface area contributed by atoms with Crippen molar-refractivity contribution in [3.05, 3.63) is 29.1 Å². The lowest BCUT2D eigenvalue weighted by Gasteiger charge is -2.11. The smallest absolute Gasteiger partial charge is 0.125 e. The molecule has 0 atom stereocenters. The van der Waals surface area contributed by atoms with Gasteiger partial charge in [-0.2, -0.15) is 0 Å². The Bertz CT molecular complexity index is 312. The second-order valence-corrected chi connectivity index (χ2v) is 3.31. The Kier molecular flexibility index (Phi) is 3.89. The van der Waals surface area contributed by atoms with Gasteiger partial charge in [-0.3, -0.25) is 0 Å². The Morgan fingerprint density at radius 3 is 2.71 bits per heavy atom. The molecule has 0 fully saturated rings. The molecule has 0 bridgehead atoms. The Morgan fingerprint density at radius 2 is 2.14 bits per heavy atom.